The topological polar surface area (TPSA) is 153 Å². The zero-order valence-corrected chi connectivity index (χ0v) is 18.5. The average Bonchev–Trinajstić information content (AvgIpc) is 3.43. The van der Waals surface area contributed by atoms with Gasteiger partial charge in [0.1, 0.15) is 23.9 Å². The van der Waals surface area contributed by atoms with Crippen LogP contribution in [-0.4, -0.2) is 61.5 Å². The number of aromatic amines is 1. The summed E-state index contributed by atoms with van der Waals surface area (Å²) >= 11 is 0. The number of carboxylic acid groups (broad SMARTS) is 1. The maximum atomic E-state index is 14.2. The van der Waals surface area contributed by atoms with Crippen molar-refractivity contribution in [3.05, 3.63) is 42.5 Å². The fourth-order valence-corrected chi connectivity index (χ4v) is 4.01. The molecule has 2 aromatic heterocycles. The van der Waals surface area contributed by atoms with E-state index in [0.29, 0.717) is 41.3 Å². The fourth-order valence-electron chi connectivity index (χ4n) is 4.01. The third kappa shape index (κ3) is 5.18. The molecule has 0 saturated carbocycles. The predicted molar refractivity (Wildman–Crippen MR) is 120 cm³/mol. The monoisotopic (exact) mass is 487 g/mol. The second-order valence-electron chi connectivity index (χ2n) is 8.05. The van der Waals surface area contributed by atoms with Crippen LogP contribution in [0.2, 0.25) is 0 Å². The molecule has 184 valence electrons. The minimum Gasteiger partial charge on any atom is -0.480 e. The number of fused-ring (bicyclic) bond motifs is 1. The number of anilines is 2. The first-order valence-corrected chi connectivity index (χ1v) is 11.0. The van der Waals surface area contributed by atoms with Crippen molar-refractivity contribution < 1.29 is 28.3 Å². The first-order chi connectivity index (χ1) is 16.9. The van der Waals surface area contributed by atoms with Crippen LogP contribution in [0.3, 0.4) is 0 Å². The van der Waals surface area contributed by atoms with Gasteiger partial charge >= 0.3 is 5.97 Å². The largest absolute Gasteiger partial charge is 0.480 e. The molecule has 1 fully saturated rings. The molecular formula is C22H23F2N7O4. The predicted octanol–water partition coefficient (Wildman–Crippen LogP) is 1.98. The van der Waals surface area contributed by atoms with Gasteiger partial charge in [0.25, 0.3) is 5.91 Å². The third-order valence-corrected chi connectivity index (χ3v) is 5.71. The summed E-state index contributed by atoms with van der Waals surface area (Å²) in [4.78, 5) is 52.7. The Kier molecular flexibility index (Phi) is 7.13. The number of carboxylic acids is 1. The van der Waals surface area contributed by atoms with E-state index < -0.39 is 47.2 Å². The van der Waals surface area contributed by atoms with Crippen LogP contribution in [0, 0.1) is 11.6 Å². The van der Waals surface area contributed by atoms with Crippen LogP contribution in [0.5, 0.6) is 0 Å². The Labute approximate surface area is 198 Å². The number of amides is 2. The molecule has 0 spiro atoms. The van der Waals surface area contributed by atoms with Crippen molar-refractivity contribution in [1.29, 1.82) is 0 Å². The van der Waals surface area contributed by atoms with Crippen molar-refractivity contribution in [3.63, 3.8) is 0 Å². The Morgan fingerprint density at radius 2 is 2.00 bits per heavy atom. The summed E-state index contributed by atoms with van der Waals surface area (Å²) in [5, 5.41) is 15.2. The molecule has 3 heterocycles. The van der Waals surface area contributed by atoms with Gasteiger partial charge in [0.05, 0.1) is 12.0 Å². The molecule has 1 aliphatic heterocycles. The number of carbonyl (C=O) groups is 3. The van der Waals surface area contributed by atoms with Crippen LogP contribution in [0.15, 0.2) is 30.9 Å². The first kappa shape index (κ1) is 24.0. The molecule has 1 aliphatic rings. The zero-order chi connectivity index (χ0) is 24.9. The summed E-state index contributed by atoms with van der Waals surface area (Å²) in [6.45, 7) is 0.613. The van der Waals surface area contributed by atoms with Gasteiger partial charge in [0.15, 0.2) is 23.1 Å². The van der Waals surface area contributed by atoms with Crippen molar-refractivity contribution in [2.75, 3.05) is 16.8 Å². The number of rotatable bonds is 10. The van der Waals surface area contributed by atoms with E-state index >= 15 is 0 Å². The lowest BCUT2D eigenvalue weighted by molar-refractivity contribution is -0.139. The molecule has 13 heteroatoms. The maximum Gasteiger partial charge on any atom is 0.326 e. The standard InChI is InChI=1S/C22H23F2N7O4/c23-12-5-4-6-14(17(12)24)31-15(22(34)35)9-13(21(31)33)30-16(32)7-2-1-3-8-25-19-18-20(27-10-26-18)29-11-28-19/h4-6,10-11,13,15H,1-3,7-9H2,(H,30,32)(H,34,35)(H2,25,26,27,28,29)/t13-,15-/m0/s1. The second kappa shape index (κ2) is 10.4. The van der Waals surface area contributed by atoms with Gasteiger partial charge in [-0.2, -0.15) is 0 Å². The molecule has 3 aromatic rings. The Balaban J connectivity index is 1.25. The average molecular weight is 487 g/mol. The number of aromatic nitrogens is 4. The highest BCUT2D eigenvalue weighted by atomic mass is 19.2. The molecule has 11 nitrogen and oxygen atoms in total. The van der Waals surface area contributed by atoms with Crippen molar-refractivity contribution in [2.45, 2.75) is 44.2 Å². The second-order valence-corrected chi connectivity index (χ2v) is 8.05. The van der Waals surface area contributed by atoms with Crippen LogP contribution in [-0.2, 0) is 14.4 Å². The normalized spacial score (nSPS) is 17.7. The van der Waals surface area contributed by atoms with Gasteiger partial charge < -0.3 is 20.7 Å². The molecule has 0 radical (unpaired) electrons. The molecule has 1 saturated heterocycles. The van der Waals surface area contributed by atoms with Crippen LogP contribution in [0.25, 0.3) is 11.2 Å². The summed E-state index contributed by atoms with van der Waals surface area (Å²) in [7, 11) is 0. The number of benzene rings is 1. The van der Waals surface area contributed by atoms with Crippen LogP contribution < -0.4 is 15.5 Å². The number of nitrogens with one attached hydrogen (secondary N) is 3. The van der Waals surface area contributed by atoms with Crippen LogP contribution in [0.1, 0.15) is 32.1 Å². The van der Waals surface area contributed by atoms with E-state index in [1.807, 2.05) is 0 Å². The molecule has 0 aliphatic carbocycles. The van der Waals surface area contributed by atoms with Crippen molar-refractivity contribution >= 4 is 40.5 Å². The van der Waals surface area contributed by atoms with Gasteiger partial charge in [0, 0.05) is 19.4 Å². The van der Waals surface area contributed by atoms with Gasteiger partial charge in [-0.25, -0.2) is 28.5 Å². The SMILES string of the molecule is O=C(CCCCCNc1ncnc2nc[nH]c12)N[C@H]1C[C@@H](C(=O)O)N(c2cccc(F)c2F)C1=O. The van der Waals surface area contributed by atoms with Gasteiger partial charge in [-0.1, -0.05) is 12.5 Å². The summed E-state index contributed by atoms with van der Waals surface area (Å²) in [6.07, 6.45) is 4.85. The minimum atomic E-state index is -1.42. The Morgan fingerprint density at radius 3 is 2.80 bits per heavy atom. The van der Waals surface area contributed by atoms with E-state index in [9.17, 15) is 28.3 Å². The quantitative estimate of drug-likeness (QED) is 0.317. The van der Waals surface area contributed by atoms with Crippen LogP contribution >= 0.6 is 0 Å². The Bertz CT molecular complexity index is 1250. The van der Waals surface area contributed by atoms with Gasteiger partial charge in [-0.15, -0.1) is 0 Å². The van der Waals surface area contributed by atoms with E-state index in [2.05, 4.69) is 30.6 Å². The maximum absolute atomic E-state index is 14.2. The smallest absolute Gasteiger partial charge is 0.326 e. The number of hydrogen-bond acceptors (Lipinski definition) is 7. The minimum absolute atomic E-state index is 0.133. The molecule has 1 aromatic carbocycles. The molecule has 2 amide bonds. The highest BCUT2D eigenvalue weighted by molar-refractivity contribution is 6.06. The number of imidazole rings is 1. The number of halogens is 2. The number of hydrogen-bond donors (Lipinski definition) is 4. The number of carbonyl (C=O) groups excluding carboxylic acids is 2. The van der Waals surface area contributed by atoms with Gasteiger partial charge in [-0.05, 0) is 25.0 Å². The van der Waals surface area contributed by atoms with Gasteiger partial charge in [0.2, 0.25) is 5.91 Å². The van der Waals surface area contributed by atoms with Crippen LogP contribution in [0.4, 0.5) is 20.3 Å². The number of H-pyrrole nitrogens is 1. The summed E-state index contributed by atoms with van der Waals surface area (Å²) in [5.41, 5.74) is 0.798. The third-order valence-electron chi connectivity index (χ3n) is 5.71. The molecule has 0 unspecified atom stereocenters. The molecular weight excluding hydrogens is 464 g/mol. The van der Waals surface area contributed by atoms with E-state index in [1.54, 1.807) is 0 Å². The van der Waals surface area contributed by atoms with E-state index in [4.69, 9.17) is 0 Å². The molecule has 35 heavy (non-hydrogen) atoms. The lowest BCUT2D eigenvalue weighted by Gasteiger charge is -2.22. The lowest BCUT2D eigenvalue weighted by atomic mass is 10.1. The highest BCUT2D eigenvalue weighted by Gasteiger charge is 2.45. The Morgan fingerprint density at radius 1 is 1.17 bits per heavy atom. The fraction of sp³-hybridized carbons (Fsp3) is 0.364. The van der Waals surface area contributed by atoms with Gasteiger partial charge in [-0.3, -0.25) is 14.5 Å². The lowest BCUT2D eigenvalue weighted by Crippen LogP contribution is -2.43. The van der Waals surface area contributed by atoms with E-state index in [0.717, 1.165) is 18.6 Å². The molecule has 2 atom stereocenters. The van der Waals surface area contributed by atoms with E-state index in [-0.39, 0.29) is 12.8 Å². The number of aliphatic carboxylic acids is 1. The molecule has 4 rings (SSSR count). The molecule has 4 N–H and O–H groups in total. The summed E-state index contributed by atoms with van der Waals surface area (Å²) in [6, 6.07) is 0.627. The Hall–Kier alpha value is -4.16. The van der Waals surface area contributed by atoms with Crippen molar-refractivity contribution in [1.82, 2.24) is 25.3 Å². The summed E-state index contributed by atoms with van der Waals surface area (Å²) < 4.78 is 27.9. The summed E-state index contributed by atoms with van der Waals surface area (Å²) in [5.74, 6) is -4.47. The van der Waals surface area contributed by atoms with E-state index in [1.165, 1.54) is 18.7 Å². The highest BCUT2D eigenvalue weighted by Crippen LogP contribution is 2.30. The zero-order valence-electron chi connectivity index (χ0n) is 18.5. The van der Waals surface area contributed by atoms with Crippen molar-refractivity contribution in [3.8, 4) is 0 Å². The molecule has 0 bridgehead atoms. The van der Waals surface area contributed by atoms with Crippen molar-refractivity contribution in [2.24, 2.45) is 0 Å². The number of unbranched alkanes of at least 4 members (excludes halogenated alkanes) is 2. The first-order valence-electron chi connectivity index (χ1n) is 11.0. The number of nitrogens with zero attached hydrogens (tertiary/aromatic N) is 4.